The molecule has 1 atom stereocenters. The summed E-state index contributed by atoms with van der Waals surface area (Å²) in [5.41, 5.74) is 1.04. The second-order valence-corrected chi connectivity index (χ2v) is 7.86. The van der Waals surface area contributed by atoms with Crippen molar-refractivity contribution in [2.45, 2.75) is 15.8 Å². The lowest BCUT2D eigenvalue weighted by molar-refractivity contribution is -0.138. The maximum atomic E-state index is 12.0. The summed E-state index contributed by atoms with van der Waals surface area (Å²) in [6.07, 6.45) is 0. The third-order valence-electron chi connectivity index (χ3n) is 4.02. The number of aliphatic carboxylic acids is 1. The van der Waals surface area contributed by atoms with Gasteiger partial charge in [-0.3, -0.25) is 0 Å². The van der Waals surface area contributed by atoms with E-state index in [4.69, 9.17) is 27.9 Å². The Morgan fingerprint density at radius 3 is 2.44 bits per heavy atom. The van der Waals surface area contributed by atoms with E-state index in [-0.39, 0.29) is 0 Å². The summed E-state index contributed by atoms with van der Waals surface area (Å²) in [4.78, 5) is 13.9. The normalized spacial score (nSPS) is 13.1. The molecule has 0 saturated heterocycles. The van der Waals surface area contributed by atoms with Gasteiger partial charge in [-0.1, -0.05) is 59.2 Å². The van der Waals surface area contributed by atoms with Gasteiger partial charge in [0.15, 0.2) is 6.04 Å². The fraction of sp³-hybridized carbons (Fsp3) is 0.0500. The van der Waals surface area contributed by atoms with Crippen LogP contribution in [0.5, 0.6) is 11.5 Å². The predicted molar refractivity (Wildman–Crippen MR) is 108 cm³/mol. The van der Waals surface area contributed by atoms with E-state index in [2.05, 4.69) is 5.32 Å². The number of hydrogen-bond acceptors (Lipinski definition) is 4. The number of carbonyl (C=O) groups is 1. The van der Waals surface area contributed by atoms with Crippen LogP contribution in [0.4, 0.5) is 5.69 Å². The van der Waals surface area contributed by atoms with Gasteiger partial charge in [-0.25, -0.2) is 4.79 Å². The van der Waals surface area contributed by atoms with Crippen LogP contribution in [-0.2, 0) is 4.79 Å². The predicted octanol–water partition coefficient (Wildman–Crippen LogP) is 6.49. The molecule has 4 nitrogen and oxygen atoms in total. The van der Waals surface area contributed by atoms with Gasteiger partial charge in [-0.05, 0) is 36.4 Å². The fourth-order valence-corrected chi connectivity index (χ4v) is 4.39. The van der Waals surface area contributed by atoms with E-state index < -0.39 is 12.0 Å². The average Bonchev–Trinajstić information content (AvgIpc) is 2.63. The molecule has 1 aliphatic heterocycles. The Bertz CT molecular complexity index is 1020. The summed E-state index contributed by atoms with van der Waals surface area (Å²) in [6.45, 7) is 0. The number of fused-ring (bicyclic) bond motifs is 2. The van der Waals surface area contributed by atoms with Gasteiger partial charge < -0.3 is 15.2 Å². The van der Waals surface area contributed by atoms with Crippen molar-refractivity contribution in [2.24, 2.45) is 0 Å². The quantitative estimate of drug-likeness (QED) is 0.397. The summed E-state index contributed by atoms with van der Waals surface area (Å²) in [5, 5.41) is 13.7. The minimum absolute atomic E-state index is 0.421. The van der Waals surface area contributed by atoms with Gasteiger partial charge in [0, 0.05) is 21.3 Å². The molecule has 1 aliphatic rings. The average molecular weight is 418 g/mol. The van der Waals surface area contributed by atoms with Crippen LogP contribution in [0.25, 0.3) is 0 Å². The van der Waals surface area contributed by atoms with Crippen LogP contribution in [-0.4, -0.2) is 11.1 Å². The Morgan fingerprint density at radius 1 is 1.00 bits per heavy atom. The summed E-state index contributed by atoms with van der Waals surface area (Å²) in [7, 11) is 0. The molecule has 0 saturated carbocycles. The van der Waals surface area contributed by atoms with Gasteiger partial charge >= 0.3 is 5.97 Å². The Morgan fingerprint density at radius 2 is 1.70 bits per heavy atom. The smallest absolute Gasteiger partial charge is 0.330 e. The minimum atomic E-state index is -1.04. The standard InChI is InChI=1S/C20H13Cl2NO3S/c21-11-8-12(22)10-13(9-11)23-18(20(24)25)14-4-3-7-17-19(14)26-15-5-1-2-6-16(15)27-17/h1-10,18,23H,(H,24,25). The topological polar surface area (TPSA) is 58.6 Å². The third-order valence-corrected chi connectivity index (χ3v) is 5.56. The van der Waals surface area contributed by atoms with Crippen LogP contribution in [0.1, 0.15) is 11.6 Å². The van der Waals surface area contributed by atoms with Crippen molar-refractivity contribution < 1.29 is 14.6 Å². The van der Waals surface area contributed by atoms with Crippen LogP contribution in [0, 0.1) is 0 Å². The number of anilines is 1. The van der Waals surface area contributed by atoms with Crippen molar-refractivity contribution in [2.75, 3.05) is 5.32 Å². The number of halogens is 2. The number of ether oxygens (including phenoxy) is 1. The lowest BCUT2D eigenvalue weighted by atomic mass is 10.0. The Balaban J connectivity index is 1.74. The SMILES string of the molecule is O=C(O)C(Nc1cc(Cl)cc(Cl)c1)c1cccc2c1Oc1ccccc1S2. The van der Waals surface area contributed by atoms with Crippen LogP contribution >= 0.6 is 35.0 Å². The summed E-state index contributed by atoms with van der Waals surface area (Å²) in [6, 6.07) is 16.9. The highest BCUT2D eigenvalue weighted by molar-refractivity contribution is 7.99. The maximum absolute atomic E-state index is 12.0. The lowest BCUT2D eigenvalue weighted by Crippen LogP contribution is -2.21. The molecule has 2 N–H and O–H groups in total. The van der Waals surface area contributed by atoms with Crippen LogP contribution < -0.4 is 10.1 Å². The number of carboxylic acid groups (broad SMARTS) is 1. The molecular weight excluding hydrogens is 405 g/mol. The molecule has 0 aliphatic carbocycles. The fourth-order valence-electron chi connectivity index (χ4n) is 2.87. The van der Waals surface area contributed by atoms with E-state index in [1.165, 1.54) is 0 Å². The zero-order valence-electron chi connectivity index (χ0n) is 13.8. The van der Waals surface area contributed by atoms with E-state index >= 15 is 0 Å². The van der Waals surface area contributed by atoms with Gasteiger partial charge in [-0.2, -0.15) is 0 Å². The molecule has 136 valence electrons. The highest BCUT2D eigenvalue weighted by Gasteiger charge is 2.28. The summed E-state index contributed by atoms with van der Waals surface area (Å²) < 4.78 is 6.05. The first-order chi connectivity index (χ1) is 13.0. The maximum Gasteiger partial charge on any atom is 0.330 e. The first-order valence-corrected chi connectivity index (χ1v) is 9.61. The number of nitrogens with one attached hydrogen (secondary N) is 1. The van der Waals surface area contributed by atoms with Crippen molar-refractivity contribution in [3.63, 3.8) is 0 Å². The molecule has 4 rings (SSSR count). The molecule has 0 amide bonds. The van der Waals surface area contributed by atoms with Crippen molar-refractivity contribution >= 4 is 46.6 Å². The Hall–Kier alpha value is -2.34. The van der Waals surface area contributed by atoms with E-state index in [0.717, 1.165) is 9.79 Å². The van der Waals surface area contributed by atoms with Gasteiger partial charge in [-0.15, -0.1) is 0 Å². The monoisotopic (exact) mass is 417 g/mol. The Kier molecular flexibility index (Phi) is 4.91. The van der Waals surface area contributed by atoms with E-state index in [0.29, 0.717) is 32.8 Å². The molecule has 0 radical (unpaired) electrons. The molecule has 1 heterocycles. The molecule has 7 heteroatoms. The molecule has 27 heavy (non-hydrogen) atoms. The number of hydrogen-bond donors (Lipinski definition) is 2. The third kappa shape index (κ3) is 3.72. The molecular formula is C20H13Cl2NO3S. The highest BCUT2D eigenvalue weighted by atomic mass is 35.5. The number of para-hydroxylation sites is 2. The molecule has 0 fully saturated rings. The molecule has 0 spiro atoms. The van der Waals surface area contributed by atoms with E-state index in [1.54, 1.807) is 36.0 Å². The molecule has 0 bridgehead atoms. The zero-order valence-corrected chi connectivity index (χ0v) is 16.1. The summed E-state index contributed by atoms with van der Waals surface area (Å²) in [5.74, 6) is 0.207. The molecule has 1 unspecified atom stereocenters. The van der Waals surface area contributed by atoms with Gasteiger partial charge in [0.25, 0.3) is 0 Å². The van der Waals surface area contributed by atoms with Gasteiger partial charge in [0.05, 0.1) is 9.79 Å². The first-order valence-electron chi connectivity index (χ1n) is 8.04. The lowest BCUT2D eigenvalue weighted by Gasteiger charge is -2.25. The molecule has 3 aromatic carbocycles. The van der Waals surface area contributed by atoms with Crippen LogP contribution in [0.2, 0.25) is 10.0 Å². The summed E-state index contributed by atoms with van der Waals surface area (Å²) >= 11 is 13.6. The largest absolute Gasteiger partial charge is 0.479 e. The number of benzene rings is 3. The minimum Gasteiger partial charge on any atom is -0.479 e. The van der Waals surface area contributed by atoms with Gasteiger partial charge in [0.1, 0.15) is 11.5 Å². The van der Waals surface area contributed by atoms with E-state index in [9.17, 15) is 9.90 Å². The highest BCUT2D eigenvalue weighted by Crippen LogP contribution is 2.49. The first kappa shape index (κ1) is 18.0. The second kappa shape index (κ2) is 7.35. The van der Waals surface area contributed by atoms with Crippen molar-refractivity contribution in [1.29, 1.82) is 0 Å². The van der Waals surface area contributed by atoms with Crippen LogP contribution in [0.3, 0.4) is 0 Å². The van der Waals surface area contributed by atoms with Gasteiger partial charge in [0.2, 0.25) is 0 Å². The zero-order chi connectivity index (χ0) is 19.0. The Labute approximate surface area is 170 Å². The van der Waals surface area contributed by atoms with Crippen molar-refractivity contribution in [3.8, 4) is 11.5 Å². The van der Waals surface area contributed by atoms with Crippen LogP contribution in [0.15, 0.2) is 70.5 Å². The second-order valence-electron chi connectivity index (χ2n) is 5.90. The molecule has 0 aromatic heterocycles. The number of carboxylic acids is 1. The number of rotatable bonds is 4. The van der Waals surface area contributed by atoms with E-state index in [1.807, 2.05) is 36.4 Å². The van der Waals surface area contributed by atoms with Crippen molar-refractivity contribution in [3.05, 3.63) is 76.3 Å². The van der Waals surface area contributed by atoms with Crippen molar-refractivity contribution in [1.82, 2.24) is 0 Å². The molecule has 3 aromatic rings.